The van der Waals surface area contributed by atoms with E-state index in [9.17, 15) is 0 Å². The molecular weight excluding hydrogens is 1320 g/mol. The molecule has 0 saturated carbocycles. The van der Waals surface area contributed by atoms with Gasteiger partial charge >= 0.3 is 503 Å². The van der Waals surface area contributed by atoms with Crippen LogP contribution in [0.1, 0.15) is 175 Å². The van der Waals surface area contributed by atoms with Gasteiger partial charge in [0.15, 0.2) is 0 Å². The van der Waals surface area contributed by atoms with Gasteiger partial charge < -0.3 is 0 Å². The zero-order chi connectivity index (χ0) is 54.0. The molecule has 0 spiro atoms. The van der Waals surface area contributed by atoms with Crippen molar-refractivity contribution in [3.8, 4) is 0 Å². The second-order valence-electron chi connectivity index (χ2n) is 19.0. The van der Waals surface area contributed by atoms with Crippen LogP contribution in [0.15, 0.2) is 127 Å². The fraction of sp³-hybridized carbons (Fsp3) is 0.400. The van der Waals surface area contributed by atoms with Gasteiger partial charge in [-0.25, -0.2) is 0 Å². The Hall–Kier alpha value is -1.67. The van der Waals surface area contributed by atoms with Crippen molar-refractivity contribution in [2.45, 2.75) is 187 Å². The molecule has 0 nitrogen and oxygen atoms in total. The van der Waals surface area contributed by atoms with Crippen molar-refractivity contribution < 1.29 is 0 Å². The van der Waals surface area contributed by atoms with Gasteiger partial charge in [-0.05, 0) is 0 Å². The number of aryl methyl sites for hydroxylation is 14. The molecule has 0 amide bonds. The van der Waals surface area contributed by atoms with Gasteiger partial charge in [-0.15, -0.1) is 0 Å². The standard InChI is InChI=1S/7C10H13.Li.4Sn/c7*1-3-9-6-5-7-10(4-2)8-9;;;;;/h7*5-7H,3-4H2,1-2H3;;;;;. The van der Waals surface area contributed by atoms with Crippen LogP contribution in [-0.4, -0.2) is 105 Å². The Morgan fingerprint density at radius 2 is 0.320 bits per heavy atom. The predicted octanol–water partition coefficient (Wildman–Crippen LogP) is 12.0. The molecule has 75 heavy (non-hydrogen) atoms. The molecule has 0 saturated heterocycles. The van der Waals surface area contributed by atoms with Crippen LogP contribution < -0.4 is 25.1 Å². The molecule has 7 aromatic carbocycles. The first-order chi connectivity index (χ1) is 36.0. The van der Waals surface area contributed by atoms with Gasteiger partial charge in [0.25, 0.3) is 0 Å². The number of hydrogen-bond acceptors (Lipinski definition) is 0. The van der Waals surface area contributed by atoms with E-state index in [0.29, 0.717) is 0 Å². The molecule has 0 atom stereocenters. The summed E-state index contributed by atoms with van der Waals surface area (Å²) in [5.41, 5.74) is 22.2. The minimum absolute atomic E-state index is 0. The fourth-order valence-electron chi connectivity index (χ4n) is 10.0. The maximum absolute atomic E-state index is 2.34. The summed E-state index contributed by atoms with van der Waals surface area (Å²) >= 11 is -0.627. The summed E-state index contributed by atoms with van der Waals surface area (Å²) in [6.07, 6.45) is 16.3. The quantitative estimate of drug-likeness (QED) is 0.0667. The van der Waals surface area contributed by atoms with E-state index in [1.54, 1.807) is 114 Å². The van der Waals surface area contributed by atoms with Crippen molar-refractivity contribution >= 4 is 130 Å². The van der Waals surface area contributed by atoms with Gasteiger partial charge in [-0.1, -0.05) is 0 Å². The summed E-state index contributed by atoms with van der Waals surface area (Å²) < 4.78 is 12.0. The number of rotatable bonds is 20. The molecule has 0 bridgehead atoms. The summed E-state index contributed by atoms with van der Waals surface area (Å²) in [5.74, 6) is 0. The Kier molecular flexibility index (Phi) is 33.6. The Balaban J connectivity index is 0.000000268. The second-order valence-corrected chi connectivity index (χ2v) is 31.1. The summed E-state index contributed by atoms with van der Waals surface area (Å²) in [6.45, 7) is 32.0. The van der Waals surface area contributed by atoms with Crippen LogP contribution in [-0.2, 0) is 89.9 Å². The van der Waals surface area contributed by atoms with Gasteiger partial charge in [0.2, 0.25) is 0 Å². The number of hydrogen-bond donors (Lipinski definition) is 0. The first kappa shape index (κ1) is 67.6. The molecule has 5 heteroatoms. The molecule has 7 rings (SSSR count). The van der Waals surface area contributed by atoms with Gasteiger partial charge in [0, 0.05) is 18.9 Å². The van der Waals surface area contributed by atoms with Gasteiger partial charge in [-0.2, -0.15) is 0 Å². The average Bonchev–Trinajstić information content (AvgIpc) is 3.45. The van der Waals surface area contributed by atoms with Crippen LogP contribution in [0.5, 0.6) is 0 Å². The van der Waals surface area contributed by atoms with E-state index in [2.05, 4.69) is 224 Å². The third-order valence-corrected chi connectivity index (χ3v) is 31.9. The number of benzene rings is 7. The van der Waals surface area contributed by atoms with Crippen LogP contribution in [0.2, 0.25) is 0 Å². The van der Waals surface area contributed by atoms with E-state index in [4.69, 9.17) is 0 Å². The minimum atomic E-state index is -0.728. The molecule has 0 N–H and O–H groups in total. The van der Waals surface area contributed by atoms with Crippen molar-refractivity contribution in [3.63, 3.8) is 0 Å². The van der Waals surface area contributed by atoms with Gasteiger partial charge in [0.05, 0.1) is 0 Å². The molecule has 388 valence electrons. The van der Waals surface area contributed by atoms with Crippen molar-refractivity contribution in [1.82, 2.24) is 0 Å². The van der Waals surface area contributed by atoms with E-state index in [1.165, 1.54) is 101 Å². The Bertz CT molecular complexity index is 2210. The van der Waals surface area contributed by atoms with Crippen molar-refractivity contribution in [3.05, 3.63) is 205 Å². The Morgan fingerprint density at radius 3 is 0.427 bits per heavy atom. The maximum atomic E-state index is 2.34. The molecule has 0 aliphatic rings. The van der Waals surface area contributed by atoms with Gasteiger partial charge in [0.1, 0.15) is 0 Å². The zero-order valence-electron chi connectivity index (χ0n) is 49.5. The SMILES string of the molecule is CCc1cccc(CC)[c]1[Sn].CCc1cccc(CC)[c]1[Sn][c]1c(CC)cccc1CC.CCc1cccc(CC)[c]1[Sn][c]1c(CC)cccc1CC.CCc1cccc(CC)[c]1[Sn][c]1c(CC)cccc1CC.[Li]. The van der Waals surface area contributed by atoms with Crippen LogP contribution in [0, 0.1) is 0 Å². The Labute approximate surface area is 516 Å². The average molecular weight is 1410 g/mol. The van der Waals surface area contributed by atoms with Gasteiger partial charge in [-0.3, -0.25) is 0 Å². The summed E-state index contributed by atoms with van der Waals surface area (Å²) in [4.78, 5) is 0. The van der Waals surface area contributed by atoms with Crippen molar-refractivity contribution in [1.29, 1.82) is 0 Å². The van der Waals surface area contributed by atoms with Crippen LogP contribution in [0.4, 0.5) is 0 Å². The third-order valence-electron chi connectivity index (χ3n) is 14.7. The monoisotopic (exact) mass is 1420 g/mol. The first-order valence-electron chi connectivity index (χ1n) is 28.8. The van der Waals surface area contributed by atoms with Crippen molar-refractivity contribution in [2.24, 2.45) is 0 Å². The molecule has 10 radical (unpaired) electrons. The molecule has 0 fully saturated rings. The van der Waals surface area contributed by atoms with E-state index >= 15 is 0 Å². The normalized spacial score (nSPS) is 10.6. The molecule has 0 aromatic heterocycles. The topological polar surface area (TPSA) is 0 Å². The van der Waals surface area contributed by atoms with E-state index < -0.39 is 63.4 Å². The van der Waals surface area contributed by atoms with Crippen molar-refractivity contribution in [2.75, 3.05) is 0 Å². The molecule has 0 heterocycles. The second kappa shape index (κ2) is 37.3. The molecule has 0 aliphatic carbocycles. The minimum Gasteiger partial charge on any atom is 0 e. The van der Waals surface area contributed by atoms with Crippen LogP contribution >= 0.6 is 0 Å². The smallest absolute Gasteiger partial charge is 0 e. The molecule has 7 aromatic rings. The van der Waals surface area contributed by atoms with Crippen LogP contribution in [0.25, 0.3) is 0 Å². The Morgan fingerprint density at radius 1 is 0.213 bits per heavy atom. The van der Waals surface area contributed by atoms with Crippen LogP contribution in [0.3, 0.4) is 0 Å². The summed E-state index contributed by atoms with van der Waals surface area (Å²) in [5, 5.41) is 0. The summed E-state index contributed by atoms with van der Waals surface area (Å²) in [7, 11) is 0. The maximum Gasteiger partial charge on any atom is 0 e. The predicted molar refractivity (Wildman–Crippen MR) is 343 cm³/mol. The summed E-state index contributed by atoms with van der Waals surface area (Å²) in [6, 6.07) is 48.2. The van der Waals surface area contributed by atoms with E-state index in [0.717, 1.165) is 0 Å². The third kappa shape index (κ3) is 19.3. The zero-order valence-corrected chi connectivity index (χ0v) is 60.9. The first-order valence-corrected chi connectivity index (χ1v) is 38.8. The molecular formula is C70H91LiSn4. The molecule has 0 aliphatic heterocycles. The molecule has 0 unspecified atom stereocenters. The largest absolute Gasteiger partial charge is 0 e. The van der Waals surface area contributed by atoms with E-state index in [1.807, 2.05) is 0 Å². The fourth-order valence-corrected chi connectivity index (χ4v) is 28.1. The van der Waals surface area contributed by atoms with E-state index in [-0.39, 0.29) is 18.9 Å².